The molecule has 1 N–H and O–H groups in total. The van der Waals surface area contributed by atoms with E-state index in [4.69, 9.17) is 0 Å². The molecule has 0 radical (unpaired) electrons. The van der Waals surface area contributed by atoms with Crippen LogP contribution in [0.3, 0.4) is 0 Å². The Kier molecular flexibility index (Phi) is 5.13. The third-order valence-corrected chi connectivity index (χ3v) is 7.65. The average molecular weight is 364 g/mol. The number of piperidine rings is 2. The third kappa shape index (κ3) is 3.92. The van der Waals surface area contributed by atoms with Crippen LogP contribution < -0.4 is 4.72 Å². The molecule has 1 atom stereocenters. The molecule has 1 unspecified atom stereocenters. The Bertz CT molecular complexity index is 675. The lowest BCUT2D eigenvalue weighted by Crippen LogP contribution is -2.54. The predicted octanol–water partition coefficient (Wildman–Crippen LogP) is 1.94. The van der Waals surface area contributed by atoms with E-state index in [9.17, 15) is 8.42 Å². The molecule has 2 saturated heterocycles. The Hall–Kier alpha value is -0.950. The average Bonchev–Trinajstić information content (AvgIpc) is 3.07. The van der Waals surface area contributed by atoms with Gasteiger partial charge in [0.1, 0.15) is 0 Å². The first-order valence-electron chi connectivity index (χ1n) is 9.70. The molecule has 6 heteroatoms. The molecule has 3 aliphatic rings. The SMILES string of the molecule is O=S(=O)(NC1CCCN(C2Cc3ccccc3C2)C1)N1CCCCC1. The smallest absolute Gasteiger partial charge is 0.279 e. The Labute approximate surface area is 151 Å². The molecular weight excluding hydrogens is 334 g/mol. The normalized spacial score (nSPS) is 26.6. The van der Waals surface area contributed by atoms with Gasteiger partial charge in [-0.3, -0.25) is 4.90 Å². The molecule has 0 bridgehead atoms. The summed E-state index contributed by atoms with van der Waals surface area (Å²) in [6, 6.07) is 9.27. The molecule has 1 aromatic carbocycles. The minimum atomic E-state index is -3.33. The van der Waals surface area contributed by atoms with Crippen LogP contribution in [0.15, 0.2) is 24.3 Å². The maximum absolute atomic E-state index is 12.7. The molecule has 0 spiro atoms. The van der Waals surface area contributed by atoms with E-state index in [-0.39, 0.29) is 6.04 Å². The first-order chi connectivity index (χ1) is 12.1. The van der Waals surface area contributed by atoms with Crippen molar-refractivity contribution in [2.45, 2.75) is 57.0 Å². The van der Waals surface area contributed by atoms with Crippen LogP contribution in [-0.4, -0.2) is 55.9 Å². The number of rotatable bonds is 4. The van der Waals surface area contributed by atoms with Gasteiger partial charge in [-0.2, -0.15) is 17.4 Å². The Morgan fingerprint density at radius 2 is 1.60 bits per heavy atom. The molecule has 1 aromatic rings. The highest BCUT2D eigenvalue weighted by Crippen LogP contribution is 2.27. The molecule has 1 aliphatic carbocycles. The summed E-state index contributed by atoms with van der Waals surface area (Å²) in [5.74, 6) is 0. The first kappa shape index (κ1) is 17.5. The Morgan fingerprint density at radius 1 is 0.920 bits per heavy atom. The maximum atomic E-state index is 12.7. The number of likely N-dealkylation sites (tertiary alicyclic amines) is 1. The third-order valence-electron chi connectivity index (χ3n) is 5.97. The van der Waals surface area contributed by atoms with Gasteiger partial charge in [0, 0.05) is 31.7 Å². The van der Waals surface area contributed by atoms with E-state index in [2.05, 4.69) is 33.9 Å². The van der Waals surface area contributed by atoms with Crippen molar-refractivity contribution >= 4 is 10.2 Å². The van der Waals surface area contributed by atoms with Crippen LogP contribution in [-0.2, 0) is 23.1 Å². The van der Waals surface area contributed by atoms with Crippen LogP contribution in [0.2, 0.25) is 0 Å². The van der Waals surface area contributed by atoms with Gasteiger partial charge in [0.15, 0.2) is 0 Å². The summed E-state index contributed by atoms with van der Waals surface area (Å²) in [7, 11) is -3.33. The van der Waals surface area contributed by atoms with E-state index in [0.717, 1.165) is 58.0 Å². The number of hydrogen-bond acceptors (Lipinski definition) is 3. The fourth-order valence-electron chi connectivity index (χ4n) is 4.62. The van der Waals surface area contributed by atoms with Crippen molar-refractivity contribution in [3.63, 3.8) is 0 Å². The molecule has 2 heterocycles. The van der Waals surface area contributed by atoms with Crippen LogP contribution >= 0.6 is 0 Å². The van der Waals surface area contributed by atoms with Gasteiger partial charge in [-0.25, -0.2) is 0 Å². The van der Waals surface area contributed by atoms with Gasteiger partial charge >= 0.3 is 0 Å². The molecule has 25 heavy (non-hydrogen) atoms. The van der Waals surface area contributed by atoms with Crippen LogP contribution in [0, 0.1) is 0 Å². The molecule has 138 valence electrons. The van der Waals surface area contributed by atoms with Crippen molar-refractivity contribution in [1.82, 2.24) is 13.9 Å². The predicted molar refractivity (Wildman–Crippen MR) is 99.7 cm³/mol. The van der Waals surface area contributed by atoms with Gasteiger partial charge in [-0.15, -0.1) is 0 Å². The summed E-state index contributed by atoms with van der Waals surface area (Å²) >= 11 is 0. The largest absolute Gasteiger partial charge is 0.298 e. The summed E-state index contributed by atoms with van der Waals surface area (Å²) in [5.41, 5.74) is 2.92. The second kappa shape index (κ2) is 7.35. The zero-order valence-electron chi connectivity index (χ0n) is 14.9. The van der Waals surface area contributed by atoms with Gasteiger partial charge in [-0.1, -0.05) is 30.7 Å². The van der Waals surface area contributed by atoms with Gasteiger partial charge in [0.25, 0.3) is 10.2 Å². The molecule has 0 amide bonds. The zero-order chi connectivity index (χ0) is 17.3. The van der Waals surface area contributed by atoms with Crippen molar-refractivity contribution in [2.24, 2.45) is 0 Å². The number of nitrogens with zero attached hydrogens (tertiary/aromatic N) is 2. The number of fused-ring (bicyclic) bond motifs is 1. The topological polar surface area (TPSA) is 52.7 Å². The van der Waals surface area contributed by atoms with Crippen molar-refractivity contribution in [3.05, 3.63) is 35.4 Å². The fraction of sp³-hybridized carbons (Fsp3) is 0.684. The summed E-state index contributed by atoms with van der Waals surface area (Å²) in [6.45, 7) is 3.26. The lowest BCUT2D eigenvalue weighted by Gasteiger charge is -2.38. The van der Waals surface area contributed by atoms with Crippen LogP contribution in [0.25, 0.3) is 0 Å². The molecule has 4 rings (SSSR count). The van der Waals surface area contributed by atoms with Crippen molar-refractivity contribution < 1.29 is 8.42 Å². The minimum Gasteiger partial charge on any atom is -0.298 e. The molecule has 5 nitrogen and oxygen atoms in total. The van der Waals surface area contributed by atoms with Crippen LogP contribution in [0.1, 0.15) is 43.2 Å². The summed E-state index contributed by atoms with van der Waals surface area (Å²) < 4.78 is 29.9. The summed E-state index contributed by atoms with van der Waals surface area (Å²) in [4.78, 5) is 2.51. The standard InChI is InChI=1S/C19H29N3O2S/c23-25(24,22-11-4-1-5-12-22)20-18-9-6-10-21(15-18)19-13-16-7-2-3-8-17(16)14-19/h2-3,7-8,18-20H,1,4-6,9-15H2. The molecule has 2 aliphatic heterocycles. The second-order valence-electron chi connectivity index (χ2n) is 7.75. The maximum Gasteiger partial charge on any atom is 0.279 e. The fourth-order valence-corrected chi connectivity index (χ4v) is 6.12. The highest BCUT2D eigenvalue weighted by atomic mass is 32.2. The zero-order valence-corrected chi connectivity index (χ0v) is 15.7. The highest BCUT2D eigenvalue weighted by molar-refractivity contribution is 7.87. The Balaban J connectivity index is 1.37. The van der Waals surface area contributed by atoms with Crippen LogP contribution in [0.5, 0.6) is 0 Å². The van der Waals surface area contributed by atoms with Gasteiger partial charge in [-0.05, 0) is 56.2 Å². The van der Waals surface area contributed by atoms with E-state index >= 15 is 0 Å². The molecular formula is C19H29N3O2S. The first-order valence-corrected chi connectivity index (χ1v) is 11.1. The Morgan fingerprint density at radius 3 is 2.28 bits per heavy atom. The lowest BCUT2D eigenvalue weighted by molar-refractivity contribution is 0.147. The highest BCUT2D eigenvalue weighted by Gasteiger charge is 2.33. The number of benzene rings is 1. The van der Waals surface area contributed by atoms with Crippen molar-refractivity contribution in [2.75, 3.05) is 26.2 Å². The quantitative estimate of drug-likeness (QED) is 0.889. The van der Waals surface area contributed by atoms with Crippen molar-refractivity contribution in [3.8, 4) is 0 Å². The van der Waals surface area contributed by atoms with Crippen LogP contribution in [0.4, 0.5) is 0 Å². The molecule has 2 fully saturated rings. The van der Waals surface area contributed by atoms with E-state index in [1.54, 1.807) is 4.31 Å². The number of nitrogens with one attached hydrogen (secondary N) is 1. The van der Waals surface area contributed by atoms with E-state index < -0.39 is 10.2 Å². The summed E-state index contributed by atoms with van der Waals surface area (Å²) in [6.07, 6.45) is 7.33. The van der Waals surface area contributed by atoms with E-state index in [1.807, 2.05) is 0 Å². The second-order valence-corrected chi connectivity index (χ2v) is 9.45. The van der Waals surface area contributed by atoms with E-state index in [0.29, 0.717) is 19.1 Å². The monoisotopic (exact) mass is 363 g/mol. The van der Waals surface area contributed by atoms with E-state index in [1.165, 1.54) is 11.1 Å². The van der Waals surface area contributed by atoms with Crippen molar-refractivity contribution in [1.29, 1.82) is 0 Å². The molecule has 0 aromatic heterocycles. The number of hydrogen-bond donors (Lipinski definition) is 1. The van der Waals surface area contributed by atoms with Gasteiger partial charge in [0.05, 0.1) is 0 Å². The summed E-state index contributed by atoms with van der Waals surface area (Å²) in [5, 5.41) is 0. The van der Waals surface area contributed by atoms with Gasteiger partial charge < -0.3 is 0 Å². The lowest BCUT2D eigenvalue weighted by atomic mass is 10.0. The minimum absolute atomic E-state index is 0.0457. The molecule has 0 saturated carbocycles. The van der Waals surface area contributed by atoms with Gasteiger partial charge in [0.2, 0.25) is 0 Å².